The molecule has 0 fully saturated rings. The van der Waals surface area contributed by atoms with Crippen molar-refractivity contribution in [3.63, 3.8) is 0 Å². The highest BCUT2D eigenvalue weighted by atomic mass is 35.5. The first-order valence-corrected chi connectivity index (χ1v) is 4.76. The highest BCUT2D eigenvalue weighted by Crippen LogP contribution is 2.22. The summed E-state index contributed by atoms with van der Waals surface area (Å²) < 4.78 is 36.4. The molecule has 0 heterocycles. The van der Waals surface area contributed by atoms with E-state index >= 15 is 0 Å². The van der Waals surface area contributed by atoms with E-state index in [-0.39, 0.29) is 11.3 Å². The molecule has 3 nitrogen and oxygen atoms in total. The van der Waals surface area contributed by atoms with Gasteiger partial charge in [-0.25, -0.2) is 0 Å². The van der Waals surface area contributed by atoms with Crippen molar-refractivity contribution in [1.29, 1.82) is 0 Å². The van der Waals surface area contributed by atoms with Crippen molar-refractivity contribution in [3.8, 4) is 0 Å². The molecule has 0 spiro atoms. The normalized spacial score (nSPS) is 11.1. The van der Waals surface area contributed by atoms with Gasteiger partial charge in [0.05, 0.1) is 0 Å². The average molecular weight is 266 g/mol. The molecule has 0 aliphatic rings. The second-order valence-electron chi connectivity index (χ2n) is 3.18. The van der Waals surface area contributed by atoms with E-state index in [1.165, 1.54) is 24.3 Å². The van der Waals surface area contributed by atoms with E-state index < -0.39 is 17.3 Å². The third kappa shape index (κ3) is 3.20. The van der Waals surface area contributed by atoms with Gasteiger partial charge in [-0.2, -0.15) is 13.2 Å². The Bertz CT molecular complexity index is 442. The van der Waals surface area contributed by atoms with Crippen LogP contribution >= 0.6 is 11.6 Å². The molecular formula is C10H7ClF3NO2. The Morgan fingerprint density at radius 2 is 1.65 bits per heavy atom. The van der Waals surface area contributed by atoms with Crippen molar-refractivity contribution in [2.75, 3.05) is 11.9 Å². The number of anilines is 1. The van der Waals surface area contributed by atoms with Crippen molar-refractivity contribution >= 4 is 28.4 Å². The molecule has 0 unspecified atom stereocenters. The largest absolute Gasteiger partial charge is 0.471 e. The third-order valence-electron chi connectivity index (χ3n) is 2.03. The van der Waals surface area contributed by atoms with Gasteiger partial charge in [0.25, 0.3) is 5.24 Å². The van der Waals surface area contributed by atoms with Crippen LogP contribution in [0.4, 0.5) is 18.9 Å². The number of alkyl halides is 3. The summed E-state index contributed by atoms with van der Waals surface area (Å²) in [6.45, 7) is 0. The first-order chi connectivity index (χ1) is 7.73. The molecule has 1 rings (SSSR count). The Morgan fingerprint density at radius 1 is 1.18 bits per heavy atom. The van der Waals surface area contributed by atoms with Crippen LogP contribution in [0.3, 0.4) is 0 Å². The highest BCUT2D eigenvalue weighted by molar-refractivity contribution is 6.67. The fraction of sp³-hybridized carbons (Fsp3) is 0.200. The molecule has 0 aliphatic heterocycles. The molecule has 0 saturated carbocycles. The van der Waals surface area contributed by atoms with Crippen LogP contribution < -0.4 is 4.90 Å². The monoisotopic (exact) mass is 265 g/mol. The zero-order chi connectivity index (χ0) is 13.2. The van der Waals surface area contributed by atoms with E-state index in [4.69, 9.17) is 11.6 Å². The highest BCUT2D eigenvalue weighted by Gasteiger charge is 2.41. The van der Waals surface area contributed by atoms with Crippen LogP contribution in [0.25, 0.3) is 0 Å². The Hall–Kier alpha value is -1.56. The number of benzene rings is 1. The Balaban J connectivity index is 2.94. The summed E-state index contributed by atoms with van der Waals surface area (Å²) in [5, 5.41) is -0.721. The van der Waals surface area contributed by atoms with E-state index in [1.807, 2.05) is 0 Å². The molecule has 92 valence electrons. The van der Waals surface area contributed by atoms with Gasteiger partial charge in [0, 0.05) is 18.3 Å². The van der Waals surface area contributed by atoms with Crippen molar-refractivity contribution in [2.24, 2.45) is 0 Å². The molecule has 0 aromatic heterocycles. The van der Waals surface area contributed by atoms with E-state index in [0.29, 0.717) is 4.90 Å². The fourth-order valence-electron chi connectivity index (χ4n) is 1.12. The minimum Gasteiger partial charge on any atom is -0.308 e. The molecule has 0 N–H and O–H groups in total. The molecule has 1 aromatic carbocycles. The molecule has 0 atom stereocenters. The number of rotatable bonds is 2. The van der Waals surface area contributed by atoms with Crippen molar-refractivity contribution in [3.05, 3.63) is 29.8 Å². The van der Waals surface area contributed by atoms with Gasteiger partial charge in [0.2, 0.25) is 0 Å². The van der Waals surface area contributed by atoms with E-state index in [9.17, 15) is 22.8 Å². The maximum absolute atomic E-state index is 12.1. The number of halogens is 4. The second kappa shape index (κ2) is 4.75. The van der Waals surface area contributed by atoms with Crippen LogP contribution in [0.5, 0.6) is 0 Å². The zero-order valence-corrected chi connectivity index (χ0v) is 9.34. The number of carbonyl (C=O) groups is 2. The minimum atomic E-state index is -4.93. The molecule has 0 saturated heterocycles. The molecule has 17 heavy (non-hydrogen) atoms. The molecular weight excluding hydrogens is 259 g/mol. The van der Waals surface area contributed by atoms with Gasteiger partial charge in [0.1, 0.15) is 0 Å². The number of nitrogens with zero attached hydrogens (tertiary/aromatic N) is 1. The lowest BCUT2D eigenvalue weighted by Crippen LogP contribution is -2.38. The standard InChI is InChI=1S/C10H7ClF3NO2/c1-15(9(17)10(12,13)14)7-4-2-6(3-5-7)8(11)16/h2-5H,1H3. The van der Waals surface area contributed by atoms with Gasteiger partial charge in [-0.3, -0.25) is 9.59 Å². The van der Waals surface area contributed by atoms with E-state index in [1.54, 1.807) is 0 Å². The average Bonchev–Trinajstić information content (AvgIpc) is 2.26. The second-order valence-corrected chi connectivity index (χ2v) is 3.53. The quantitative estimate of drug-likeness (QED) is 0.771. The summed E-state index contributed by atoms with van der Waals surface area (Å²) in [7, 11) is 0.993. The van der Waals surface area contributed by atoms with Crippen molar-refractivity contribution in [1.82, 2.24) is 0 Å². The summed E-state index contributed by atoms with van der Waals surface area (Å²) >= 11 is 5.17. The summed E-state index contributed by atoms with van der Waals surface area (Å²) in [6, 6.07) is 4.90. The predicted octanol–water partition coefficient (Wildman–Crippen LogP) is 2.59. The van der Waals surface area contributed by atoms with Gasteiger partial charge < -0.3 is 4.90 Å². The van der Waals surface area contributed by atoms with Crippen molar-refractivity contribution < 1.29 is 22.8 Å². The fourth-order valence-corrected chi connectivity index (χ4v) is 1.25. The maximum atomic E-state index is 12.1. The lowest BCUT2D eigenvalue weighted by molar-refractivity contribution is -0.170. The zero-order valence-electron chi connectivity index (χ0n) is 8.58. The first kappa shape index (κ1) is 13.5. The Morgan fingerprint density at radius 3 is 2.00 bits per heavy atom. The number of amides is 1. The minimum absolute atomic E-state index is 0.0222. The van der Waals surface area contributed by atoms with Crippen LogP contribution in [-0.2, 0) is 4.79 Å². The molecule has 1 amide bonds. The predicted molar refractivity (Wildman–Crippen MR) is 56.1 cm³/mol. The van der Waals surface area contributed by atoms with Crippen molar-refractivity contribution in [2.45, 2.75) is 6.18 Å². The van der Waals surface area contributed by atoms with Gasteiger partial charge >= 0.3 is 12.1 Å². The maximum Gasteiger partial charge on any atom is 0.471 e. The molecule has 0 radical (unpaired) electrons. The first-order valence-electron chi connectivity index (χ1n) is 4.38. The Kier molecular flexibility index (Phi) is 3.77. The summed E-state index contributed by atoms with van der Waals surface area (Å²) in [5.41, 5.74) is 0.164. The van der Waals surface area contributed by atoms with Crippen LogP contribution in [0.1, 0.15) is 10.4 Å². The lowest BCUT2D eigenvalue weighted by atomic mass is 10.2. The van der Waals surface area contributed by atoms with Crippen LogP contribution in [-0.4, -0.2) is 24.4 Å². The number of hydrogen-bond acceptors (Lipinski definition) is 2. The van der Waals surface area contributed by atoms with E-state index in [2.05, 4.69) is 0 Å². The molecule has 0 aliphatic carbocycles. The SMILES string of the molecule is CN(C(=O)C(F)(F)F)c1ccc(C(=O)Cl)cc1. The lowest BCUT2D eigenvalue weighted by Gasteiger charge is -2.18. The van der Waals surface area contributed by atoms with Crippen LogP contribution in [0.15, 0.2) is 24.3 Å². The van der Waals surface area contributed by atoms with Crippen LogP contribution in [0, 0.1) is 0 Å². The van der Waals surface area contributed by atoms with Gasteiger partial charge in [0.15, 0.2) is 0 Å². The summed E-state index contributed by atoms with van der Waals surface area (Å²) in [5.74, 6) is -1.98. The molecule has 0 bridgehead atoms. The van der Waals surface area contributed by atoms with Crippen LogP contribution in [0.2, 0.25) is 0 Å². The van der Waals surface area contributed by atoms with E-state index in [0.717, 1.165) is 7.05 Å². The summed E-state index contributed by atoms with van der Waals surface area (Å²) in [4.78, 5) is 22.1. The topological polar surface area (TPSA) is 37.4 Å². The summed E-state index contributed by atoms with van der Waals surface area (Å²) in [6.07, 6.45) is -4.93. The molecule has 1 aromatic rings. The number of hydrogen-bond donors (Lipinski definition) is 0. The number of carbonyl (C=O) groups excluding carboxylic acids is 2. The molecule has 7 heteroatoms. The Labute approximate surface area is 99.8 Å². The smallest absolute Gasteiger partial charge is 0.308 e. The van der Waals surface area contributed by atoms with Gasteiger partial charge in [-0.1, -0.05) is 0 Å². The van der Waals surface area contributed by atoms with Gasteiger partial charge in [-0.15, -0.1) is 0 Å². The van der Waals surface area contributed by atoms with Gasteiger partial charge in [-0.05, 0) is 35.9 Å². The third-order valence-corrected chi connectivity index (χ3v) is 2.25.